The molecule has 0 bridgehead atoms. The van der Waals surface area contributed by atoms with E-state index in [1.165, 1.54) is 0 Å². The van der Waals surface area contributed by atoms with Crippen LogP contribution in [0.15, 0.2) is 48.7 Å². The third-order valence-electron chi connectivity index (χ3n) is 3.28. The summed E-state index contributed by atoms with van der Waals surface area (Å²) in [6, 6.07) is 13.6. The molecule has 1 aliphatic rings. The van der Waals surface area contributed by atoms with Gasteiger partial charge in [0.2, 0.25) is 5.88 Å². The lowest BCUT2D eigenvalue weighted by molar-refractivity contribution is -0.121. The molecule has 0 saturated heterocycles. The van der Waals surface area contributed by atoms with Crippen molar-refractivity contribution in [2.45, 2.75) is 13.0 Å². The van der Waals surface area contributed by atoms with Crippen molar-refractivity contribution in [1.82, 2.24) is 4.98 Å². The van der Waals surface area contributed by atoms with Gasteiger partial charge in [-0.05, 0) is 24.6 Å². The number of fused-ring (bicyclic) bond motifs is 1. The van der Waals surface area contributed by atoms with Crippen molar-refractivity contribution in [3.8, 4) is 5.88 Å². The van der Waals surface area contributed by atoms with Crippen molar-refractivity contribution in [3.05, 3.63) is 54.2 Å². The second-order valence-corrected chi connectivity index (χ2v) is 4.47. The number of amides is 1. The number of nitrogens with zero attached hydrogens (tertiary/aromatic N) is 2. The van der Waals surface area contributed by atoms with E-state index in [1.54, 1.807) is 11.1 Å². The highest BCUT2D eigenvalue weighted by Gasteiger charge is 2.30. The number of rotatable bonds is 2. The number of hydrogen-bond acceptors (Lipinski definition) is 3. The molecular weight excluding hydrogens is 240 g/mol. The van der Waals surface area contributed by atoms with Crippen LogP contribution in [-0.4, -0.2) is 17.5 Å². The lowest BCUT2D eigenvalue weighted by Crippen LogP contribution is -2.40. The SMILES string of the molecule is C[C@@H](c1ccccc1)N1C(=O)COc2ncccc21. The highest BCUT2D eigenvalue weighted by Crippen LogP contribution is 2.35. The van der Waals surface area contributed by atoms with Crippen molar-refractivity contribution in [3.63, 3.8) is 0 Å². The van der Waals surface area contributed by atoms with Crippen LogP contribution in [0, 0.1) is 0 Å². The molecule has 0 saturated carbocycles. The average molecular weight is 254 g/mol. The molecule has 4 heteroatoms. The predicted molar refractivity (Wildman–Crippen MR) is 72.1 cm³/mol. The predicted octanol–water partition coefficient (Wildman–Crippen LogP) is 2.57. The molecule has 0 N–H and O–H groups in total. The summed E-state index contributed by atoms with van der Waals surface area (Å²) in [5.41, 5.74) is 1.82. The lowest BCUT2D eigenvalue weighted by atomic mass is 10.1. The van der Waals surface area contributed by atoms with Crippen LogP contribution >= 0.6 is 0 Å². The minimum absolute atomic E-state index is 0.0412. The van der Waals surface area contributed by atoms with Crippen LogP contribution in [0.3, 0.4) is 0 Å². The van der Waals surface area contributed by atoms with Crippen LogP contribution in [0.4, 0.5) is 5.69 Å². The number of ether oxygens (including phenoxy) is 1. The number of anilines is 1. The smallest absolute Gasteiger partial charge is 0.265 e. The molecule has 1 aliphatic heterocycles. The van der Waals surface area contributed by atoms with Gasteiger partial charge in [0.05, 0.1) is 6.04 Å². The summed E-state index contributed by atoms with van der Waals surface area (Å²) in [6.07, 6.45) is 1.67. The Morgan fingerprint density at radius 2 is 2.00 bits per heavy atom. The molecule has 2 heterocycles. The summed E-state index contributed by atoms with van der Waals surface area (Å²) in [5.74, 6) is 0.474. The molecule has 1 aromatic heterocycles. The van der Waals surface area contributed by atoms with E-state index in [9.17, 15) is 4.79 Å². The average Bonchev–Trinajstić information content (AvgIpc) is 2.47. The van der Waals surface area contributed by atoms with Crippen LogP contribution in [0.25, 0.3) is 0 Å². The van der Waals surface area contributed by atoms with E-state index in [0.717, 1.165) is 11.3 Å². The third kappa shape index (κ3) is 2.05. The topological polar surface area (TPSA) is 42.4 Å². The molecule has 2 aromatic rings. The first-order chi connectivity index (χ1) is 9.27. The molecule has 4 nitrogen and oxygen atoms in total. The number of hydrogen-bond donors (Lipinski definition) is 0. The van der Waals surface area contributed by atoms with Crippen molar-refractivity contribution in [2.75, 3.05) is 11.5 Å². The molecule has 0 unspecified atom stereocenters. The monoisotopic (exact) mass is 254 g/mol. The molecule has 0 fully saturated rings. The summed E-state index contributed by atoms with van der Waals surface area (Å²) in [7, 11) is 0. The first-order valence-electron chi connectivity index (χ1n) is 6.22. The summed E-state index contributed by atoms with van der Waals surface area (Å²) < 4.78 is 5.35. The van der Waals surface area contributed by atoms with Gasteiger partial charge < -0.3 is 4.74 Å². The Kier molecular flexibility index (Phi) is 2.91. The second kappa shape index (κ2) is 4.72. The van der Waals surface area contributed by atoms with Crippen LogP contribution in [0.2, 0.25) is 0 Å². The Bertz CT molecular complexity index is 598. The zero-order valence-electron chi connectivity index (χ0n) is 10.6. The van der Waals surface area contributed by atoms with Crippen molar-refractivity contribution in [1.29, 1.82) is 0 Å². The number of carbonyl (C=O) groups is 1. The molecule has 19 heavy (non-hydrogen) atoms. The van der Waals surface area contributed by atoms with Gasteiger partial charge in [-0.15, -0.1) is 0 Å². The standard InChI is InChI=1S/C15H14N2O2/c1-11(12-6-3-2-4-7-12)17-13-8-5-9-16-15(13)19-10-14(17)18/h2-9,11H,10H2,1H3/t11-/m0/s1. The van der Waals surface area contributed by atoms with Crippen LogP contribution < -0.4 is 9.64 Å². The van der Waals surface area contributed by atoms with Gasteiger partial charge in [-0.2, -0.15) is 0 Å². The molecule has 3 rings (SSSR count). The summed E-state index contributed by atoms with van der Waals surface area (Å²) in [4.78, 5) is 18.1. The van der Waals surface area contributed by atoms with Crippen molar-refractivity contribution >= 4 is 11.6 Å². The van der Waals surface area contributed by atoms with Gasteiger partial charge in [0, 0.05) is 6.20 Å². The van der Waals surface area contributed by atoms with Crippen LogP contribution in [0.1, 0.15) is 18.5 Å². The van der Waals surface area contributed by atoms with Gasteiger partial charge in [0.1, 0.15) is 5.69 Å². The minimum Gasteiger partial charge on any atom is -0.466 e. The highest BCUT2D eigenvalue weighted by atomic mass is 16.5. The van der Waals surface area contributed by atoms with Crippen molar-refractivity contribution < 1.29 is 9.53 Å². The van der Waals surface area contributed by atoms with Crippen molar-refractivity contribution in [2.24, 2.45) is 0 Å². The van der Waals surface area contributed by atoms with E-state index < -0.39 is 0 Å². The Hall–Kier alpha value is -2.36. The largest absolute Gasteiger partial charge is 0.466 e. The van der Waals surface area contributed by atoms with Gasteiger partial charge in [0.25, 0.3) is 5.91 Å². The number of carbonyl (C=O) groups excluding carboxylic acids is 1. The van der Waals surface area contributed by atoms with E-state index in [2.05, 4.69) is 4.98 Å². The molecule has 0 radical (unpaired) electrons. The molecule has 1 aromatic carbocycles. The zero-order valence-corrected chi connectivity index (χ0v) is 10.6. The Balaban J connectivity index is 2.02. The van der Waals surface area contributed by atoms with Gasteiger partial charge in [-0.1, -0.05) is 30.3 Å². The lowest BCUT2D eigenvalue weighted by Gasteiger charge is -2.33. The summed E-state index contributed by atoms with van der Waals surface area (Å²) in [6.45, 7) is 2.05. The number of benzene rings is 1. The molecular formula is C15H14N2O2. The zero-order chi connectivity index (χ0) is 13.2. The van der Waals surface area contributed by atoms with Crippen LogP contribution in [0.5, 0.6) is 5.88 Å². The van der Waals surface area contributed by atoms with Gasteiger partial charge in [0.15, 0.2) is 6.61 Å². The fourth-order valence-electron chi connectivity index (χ4n) is 2.32. The van der Waals surface area contributed by atoms with E-state index >= 15 is 0 Å². The van der Waals surface area contributed by atoms with Gasteiger partial charge >= 0.3 is 0 Å². The van der Waals surface area contributed by atoms with E-state index in [1.807, 2.05) is 49.4 Å². The number of pyridine rings is 1. The fraction of sp³-hybridized carbons (Fsp3) is 0.200. The van der Waals surface area contributed by atoms with Crippen LogP contribution in [-0.2, 0) is 4.79 Å². The third-order valence-corrected chi connectivity index (χ3v) is 3.28. The fourth-order valence-corrected chi connectivity index (χ4v) is 2.32. The first kappa shape index (κ1) is 11.7. The van der Waals surface area contributed by atoms with Gasteiger partial charge in [-0.3, -0.25) is 9.69 Å². The van der Waals surface area contributed by atoms with E-state index in [0.29, 0.717) is 5.88 Å². The van der Waals surface area contributed by atoms with Gasteiger partial charge in [-0.25, -0.2) is 4.98 Å². The highest BCUT2D eigenvalue weighted by molar-refractivity contribution is 5.98. The first-order valence-corrected chi connectivity index (χ1v) is 6.22. The molecule has 96 valence electrons. The maximum atomic E-state index is 12.1. The quantitative estimate of drug-likeness (QED) is 0.827. The second-order valence-electron chi connectivity index (χ2n) is 4.47. The maximum absolute atomic E-state index is 12.1. The molecule has 1 atom stereocenters. The summed E-state index contributed by atoms with van der Waals surface area (Å²) in [5, 5.41) is 0. The minimum atomic E-state index is -0.0446. The Morgan fingerprint density at radius 1 is 1.21 bits per heavy atom. The summed E-state index contributed by atoms with van der Waals surface area (Å²) >= 11 is 0. The van der Waals surface area contributed by atoms with E-state index in [4.69, 9.17) is 4.74 Å². The number of aromatic nitrogens is 1. The van der Waals surface area contributed by atoms with E-state index in [-0.39, 0.29) is 18.6 Å². The Labute approximate surface area is 111 Å². The molecule has 0 spiro atoms. The normalized spacial score (nSPS) is 15.6. The Morgan fingerprint density at radius 3 is 2.79 bits per heavy atom. The molecule has 1 amide bonds. The maximum Gasteiger partial charge on any atom is 0.265 e. The molecule has 0 aliphatic carbocycles.